The van der Waals surface area contributed by atoms with Gasteiger partial charge in [-0.3, -0.25) is 9.80 Å². The minimum Gasteiger partial charge on any atom is -0.287 e. The van der Waals surface area contributed by atoms with Crippen molar-refractivity contribution in [2.75, 3.05) is 18.0 Å². The van der Waals surface area contributed by atoms with Gasteiger partial charge in [0.2, 0.25) is 0 Å². The number of anilines is 1. The molecule has 0 N–H and O–H groups in total. The zero-order valence-corrected chi connectivity index (χ0v) is 13.9. The van der Waals surface area contributed by atoms with Crippen molar-refractivity contribution >= 4 is 17.3 Å². The van der Waals surface area contributed by atoms with Gasteiger partial charge in [0.15, 0.2) is 6.19 Å². The molecule has 0 amide bonds. The molecule has 0 unspecified atom stereocenters. The number of hydrogen-bond acceptors (Lipinski definition) is 3. The van der Waals surface area contributed by atoms with Crippen LogP contribution in [0.4, 0.5) is 5.69 Å². The third kappa shape index (κ3) is 5.68. The first-order valence-corrected chi connectivity index (χ1v) is 7.47. The van der Waals surface area contributed by atoms with Crippen molar-refractivity contribution in [3.63, 3.8) is 0 Å². The first-order valence-electron chi connectivity index (χ1n) is 7.10. The molecule has 0 aliphatic rings. The van der Waals surface area contributed by atoms with Crippen LogP contribution in [0.25, 0.3) is 0 Å². The van der Waals surface area contributed by atoms with E-state index in [1.54, 1.807) is 17.0 Å². The van der Waals surface area contributed by atoms with Crippen molar-refractivity contribution in [2.45, 2.75) is 39.8 Å². The fourth-order valence-electron chi connectivity index (χ4n) is 2.05. The van der Waals surface area contributed by atoms with Crippen LogP contribution >= 0.6 is 11.6 Å². The van der Waals surface area contributed by atoms with Gasteiger partial charge in [0, 0.05) is 17.1 Å². The Morgan fingerprint density at radius 3 is 2.00 bits per heavy atom. The molecule has 1 aromatic carbocycles. The molecule has 112 valence electrons. The van der Waals surface area contributed by atoms with Crippen LogP contribution in [0.2, 0.25) is 5.02 Å². The standard InChI is InChI=1S/C17H22ClN3/c1-14(2)21(15(3)4)12-6-5-11-20(13-19)17-9-7-16(18)8-10-17/h7-10,14-15H,11-12H2,1-4H3. The van der Waals surface area contributed by atoms with Crippen molar-refractivity contribution in [3.05, 3.63) is 29.3 Å². The highest BCUT2D eigenvalue weighted by atomic mass is 35.5. The molecule has 0 bridgehead atoms. The molecule has 0 saturated heterocycles. The molecule has 0 radical (unpaired) electrons. The van der Waals surface area contributed by atoms with E-state index in [9.17, 15) is 5.26 Å². The molecule has 3 nitrogen and oxygen atoms in total. The number of rotatable bonds is 5. The van der Waals surface area contributed by atoms with Crippen LogP contribution in [0, 0.1) is 23.3 Å². The fraction of sp³-hybridized carbons (Fsp3) is 0.471. The smallest absolute Gasteiger partial charge is 0.185 e. The van der Waals surface area contributed by atoms with Gasteiger partial charge in [-0.2, -0.15) is 5.26 Å². The minimum atomic E-state index is 0.391. The first kappa shape index (κ1) is 17.4. The normalized spacial score (nSPS) is 10.4. The fourth-order valence-corrected chi connectivity index (χ4v) is 2.17. The number of nitrogens with zero attached hydrogens (tertiary/aromatic N) is 3. The molecule has 0 aliphatic heterocycles. The Bertz CT molecular complexity index is 524. The molecular formula is C17H22ClN3. The maximum atomic E-state index is 9.20. The van der Waals surface area contributed by atoms with Gasteiger partial charge in [0.1, 0.15) is 0 Å². The third-order valence-corrected chi connectivity index (χ3v) is 3.46. The lowest BCUT2D eigenvalue weighted by Gasteiger charge is -2.28. The molecule has 0 fully saturated rings. The molecule has 0 aliphatic carbocycles. The Hall–Kier alpha value is -1.68. The summed E-state index contributed by atoms with van der Waals surface area (Å²) < 4.78 is 0. The highest BCUT2D eigenvalue weighted by molar-refractivity contribution is 6.30. The van der Waals surface area contributed by atoms with Crippen LogP contribution in [0.3, 0.4) is 0 Å². The first-order chi connectivity index (χ1) is 9.95. The summed E-state index contributed by atoms with van der Waals surface area (Å²) >= 11 is 5.85. The van der Waals surface area contributed by atoms with Crippen LogP contribution in [0.1, 0.15) is 27.7 Å². The van der Waals surface area contributed by atoms with Crippen LogP contribution in [0.15, 0.2) is 24.3 Å². The molecule has 0 atom stereocenters. The van der Waals surface area contributed by atoms with E-state index in [2.05, 4.69) is 50.6 Å². The third-order valence-electron chi connectivity index (χ3n) is 3.21. The average Bonchev–Trinajstić information content (AvgIpc) is 2.43. The second-order valence-corrected chi connectivity index (χ2v) is 5.81. The second-order valence-electron chi connectivity index (χ2n) is 5.38. The Kier molecular flexibility index (Phi) is 7.09. The largest absolute Gasteiger partial charge is 0.287 e. The summed E-state index contributed by atoms with van der Waals surface area (Å²) in [5.41, 5.74) is 0.806. The highest BCUT2D eigenvalue weighted by Gasteiger charge is 2.11. The van der Waals surface area contributed by atoms with Crippen LogP contribution in [-0.4, -0.2) is 30.1 Å². The summed E-state index contributed by atoms with van der Waals surface area (Å²) in [5.74, 6) is 6.22. The zero-order chi connectivity index (χ0) is 15.8. The summed E-state index contributed by atoms with van der Waals surface area (Å²) in [6, 6.07) is 8.11. The molecule has 21 heavy (non-hydrogen) atoms. The van der Waals surface area contributed by atoms with Gasteiger partial charge >= 0.3 is 0 Å². The zero-order valence-electron chi connectivity index (χ0n) is 13.1. The van der Waals surface area contributed by atoms with Gasteiger partial charge in [-0.05, 0) is 52.0 Å². The summed E-state index contributed by atoms with van der Waals surface area (Å²) in [6.07, 6.45) is 2.15. The van der Waals surface area contributed by atoms with Gasteiger partial charge in [0.05, 0.1) is 18.8 Å². The van der Waals surface area contributed by atoms with Gasteiger partial charge in [-0.1, -0.05) is 23.4 Å². The number of benzene rings is 1. The van der Waals surface area contributed by atoms with E-state index in [0.717, 1.165) is 12.2 Å². The lowest BCUT2D eigenvalue weighted by Crippen LogP contribution is -2.37. The summed E-state index contributed by atoms with van der Waals surface area (Å²) in [6.45, 7) is 9.76. The van der Waals surface area contributed by atoms with Crippen molar-refractivity contribution in [2.24, 2.45) is 0 Å². The Labute approximate surface area is 133 Å². The monoisotopic (exact) mass is 303 g/mol. The molecule has 4 heteroatoms. The SMILES string of the molecule is CC(C)N(CC#CCN(C#N)c1ccc(Cl)cc1)C(C)C. The molecule has 0 aromatic heterocycles. The maximum absolute atomic E-state index is 9.20. The van der Waals surface area contributed by atoms with Gasteiger partial charge in [-0.15, -0.1) is 0 Å². The second kappa shape index (κ2) is 8.57. The topological polar surface area (TPSA) is 30.3 Å². The molecule has 0 spiro atoms. The Morgan fingerprint density at radius 1 is 1.00 bits per heavy atom. The number of hydrogen-bond donors (Lipinski definition) is 0. The van der Waals surface area contributed by atoms with Crippen molar-refractivity contribution in [1.82, 2.24) is 4.90 Å². The molecule has 1 aromatic rings. The number of nitriles is 1. The number of halogens is 1. The molecular weight excluding hydrogens is 282 g/mol. The summed E-state index contributed by atoms with van der Waals surface area (Å²) in [7, 11) is 0. The predicted molar refractivity (Wildman–Crippen MR) is 89.2 cm³/mol. The van der Waals surface area contributed by atoms with Crippen LogP contribution in [-0.2, 0) is 0 Å². The maximum Gasteiger partial charge on any atom is 0.185 e. The van der Waals surface area contributed by atoms with Gasteiger partial charge in [0.25, 0.3) is 0 Å². The average molecular weight is 304 g/mol. The predicted octanol–water partition coefficient (Wildman–Crippen LogP) is 3.75. The Balaban J connectivity index is 2.63. The van der Waals surface area contributed by atoms with Crippen molar-refractivity contribution < 1.29 is 0 Å². The van der Waals surface area contributed by atoms with E-state index in [1.807, 2.05) is 12.1 Å². The summed E-state index contributed by atoms with van der Waals surface area (Å²) in [5, 5.41) is 9.86. The van der Waals surface area contributed by atoms with E-state index in [-0.39, 0.29) is 0 Å². The quantitative estimate of drug-likeness (QED) is 0.471. The highest BCUT2D eigenvalue weighted by Crippen LogP contribution is 2.16. The van der Waals surface area contributed by atoms with E-state index >= 15 is 0 Å². The molecule has 1 rings (SSSR count). The van der Waals surface area contributed by atoms with Gasteiger partial charge in [-0.25, -0.2) is 0 Å². The van der Waals surface area contributed by atoms with E-state index in [4.69, 9.17) is 11.6 Å². The van der Waals surface area contributed by atoms with Crippen molar-refractivity contribution in [3.8, 4) is 18.0 Å². The lowest BCUT2D eigenvalue weighted by atomic mass is 10.2. The minimum absolute atomic E-state index is 0.391. The molecule has 0 heterocycles. The Morgan fingerprint density at radius 2 is 1.52 bits per heavy atom. The summed E-state index contributed by atoms with van der Waals surface area (Å²) in [4.78, 5) is 3.87. The van der Waals surface area contributed by atoms with Gasteiger partial charge < -0.3 is 0 Å². The van der Waals surface area contributed by atoms with E-state index in [0.29, 0.717) is 23.7 Å². The van der Waals surface area contributed by atoms with Crippen LogP contribution < -0.4 is 4.90 Å². The van der Waals surface area contributed by atoms with Crippen molar-refractivity contribution in [1.29, 1.82) is 5.26 Å². The van der Waals surface area contributed by atoms with E-state index in [1.165, 1.54) is 0 Å². The lowest BCUT2D eigenvalue weighted by molar-refractivity contribution is 0.200. The van der Waals surface area contributed by atoms with Crippen LogP contribution in [0.5, 0.6) is 0 Å². The van der Waals surface area contributed by atoms with E-state index < -0.39 is 0 Å². The molecule has 0 saturated carbocycles.